The maximum Gasteiger partial charge on any atom is 0.426 e. The van der Waals surface area contributed by atoms with Crippen molar-refractivity contribution in [3.63, 3.8) is 0 Å². The first-order valence-corrected chi connectivity index (χ1v) is 11.2. The van der Waals surface area contributed by atoms with E-state index in [0.717, 1.165) is 36.3 Å². The average molecular weight is 579 g/mol. The number of nitrogens with two attached hydrogens (primary N) is 1. The van der Waals surface area contributed by atoms with Crippen molar-refractivity contribution in [1.82, 2.24) is 29.8 Å². The molecule has 1 aliphatic rings. The second-order valence-corrected chi connectivity index (χ2v) is 9.00. The van der Waals surface area contributed by atoms with Crippen molar-refractivity contribution in [3.8, 4) is 17.1 Å². The van der Waals surface area contributed by atoms with Crippen molar-refractivity contribution >= 4 is 23.1 Å². The van der Waals surface area contributed by atoms with Crippen LogP contribution in [-0.2, 0) is 11.0 Å². The zero-order valence-electron chi connectivity index (χ0n) is 20.5. The van der Waals surface area contributed by atoms with E-state index in [0.29, 0.717) is 4.90 Å². The maximum absolute atomic E-state index is 14.7. The van der Waals surface area contributed by atoms with Crippen LogP contribution in [-0.4, -0.2) is 85.6 Å². The summed E-state index contributed by atoms with van der Waals surface area (Å²) in [4.78, 5) is 33.2. The van der Waals surface area contributed by atoms with E-state index in [-0.39, 0.29) is 29.6 Å². The number of aliphatic hydroxyl groups is 1. The molecule has 4 N–H and O–H groups in total. The number of hydrogen-bond donors (Lipinski definition) is 3. The van der Waals surface area contributed by atoms with Gasteiger partial charge in [0.25, 0.3) is 11.8 Å². The minimum atomic E-state index is -5.33. The number of amides is 2. The number of pyridine rings is 1. The predicted octanol–water partition coefficient (Wildman–Crippen LogP) is 1.99. The van der Waals surface area contributed by atoms with Crippen LogP contribution in [0.25, 0.3) is 16.8 Å². The maximum atomic E-state index is 14.7. The van der Waals surface area contributed by atoms with Gasteiger partial charge in [0.1, 0.15) is 23.6 Å². The van der Waals surface area contributed by atoms with Gasteiger partial charge in [-0.2, -0.15) is 31.4 Å². The third-order valence-corrected chi connectivity index (χ3v) is 6.29. The Morgan fingerprint density at radius 1 is 1.15 bits per heavy atom. The van der Waals surface area contributed by atoms with Gasteiger partial charge < -0.3 is 25.8 Å². The number of hydrogen-bond acceptors (Lipinski definition) is 8. The van der Waals surface area contributed by atoms with E-state index in [2.05, 4.69) is 20.4 Å². The summed E-state index contributed by atoms with van der Waals surface area (Å²) < 4.78 is 101. The van der Waals surface area contributed by atoms with Gasteiger partial charge >= 0.3 is 12.4 Å². The molecule has 3 aromatic heterocycles. The van der Waals surface area contributed by atoms with Crippen molar-refractivity contribution in [2.24, 2.45) is 0 Å². The van der Waals surface area contributed by atoms with Gasteiger partial charge in [-0.1, -0.05) is 0 Å². The molecule has 40 heavy (non-hydrogen) atoms. The number of ether oxygens (including phenoxy) is 1. The van der Waals surface area contributed by atoms with E-state index in [1.807, 2.05) is 0 Å². The summed E-state index contributed by atoms with van der Waals surface area (Å²) in [6.07, 6.45) is -10.2. The summed E-state index contributed by atoms with van der Waals surface area (Å²) in [6, 6.07) is 0.309. The fraction of sp³-hybridized carbons (Fsp3) is 0.409. The highest BCUT2D eigenvalue weighted by molar-refractivity contribution is 5.98. The van der Waals surface area contributed by atoms with E-state index < -0.39 is 72.0 Å². The van der Waals surface area contributed by atoms with Crippen LogP contribution < -0.4 is 15.8 Å². The number of nitrogens with one attached hydrogen (secondary N) is 1. The van der Waals surface area contributed by atoms with Crippen LogP contribution in [0, 0.1) is 0 Å². The first kappa shape index (κ1) is 28.8. The molecular formula is C22H20F7N7O4. The molecule has 0 radical (unpaired) electrons. The molecule has 2 amide bonds. The number of carbonyl (C=O) groups is 2. The van der Waals surface area contributed by atoms with Gasteiger partial charge in [0, 0.05) is 18.3 Å². The highest BCUT2D eigenvalue weighted by Gasteiger charge is 2.58. The molecule has 0 bridgehead atoms. The molecule has 0 spiro atoms. The van der Waals surface area contributed by atoms with Gasteiger partial charge in [0.15, 0.2) is 5.82 Å². The first-order valence-electron chi connectivity index (χ1n) is 11.2. The number of carbonyl (C=O) groups excluding carboxylic acids is 2. The van der Waals surface area contributed by atoms with Gasteiger partial charge in [0.05, 0.1) is 31.0 Å². The number of halogens is 7. The van der Waals surface area contributed by atoms with E-state index >= 15 is 0 Å². The molecule has 4 rings (SSSR count). The molecule has 3 aromatic rings. The predicted molar refractivity (Wildman–Crippen MR) is 122 cm³/mol. The quantitative estimate of drug-likeness (QED) is 0.389. The molecule has 18 heteroatoms. The number of nitrogen functional groups attached to an aromatic ring is 1. The number of nitrogens with zero attached hydrogens (tertiary/aromatic N) is 5. The summed E-state index contributed by atoms with van der Waals surface area (Å²) in [6.45, 7) is -1.32. The van der Waals surface area contributed by atoms with Gasteiger partial charge in [0.2, 0.25) is 11.5 Å². The average Bonchev–Trinajstić information content (AvgIpc) is 3.44. The summed E-state index contributed by atoms with van der Waals surface area (Å²) in [5.41, 5.74) is -0.457. The van der Waals surface area contributed by atoms with Crippen LogP contribution in [0.2, 0.25) is 0 Å². The lowest BCUT2D eigenvalue weighted by Gasteiger charge is -2.29. The molecule has 1 aliphatic heterocycles. The molecule has 216 valence electrons. The Kier molecular flexibility index (Phi) is 7.02. The molecule has 1 fully saturated rings. The smallest absolute Gasteiger partial charge is 0.426 e. The molecule has 0 aromatic carbocycles. The lowest BCUT2D eigenvalue weighted by atomic mass is 10.1. The van der Waals surface area contributed by atoms with E-state index in [1.165, 1.54) is 0 Å². The van der Waals surface area contributed by atoms with Crippen LogP contribution in [0.15, 0.2) is 24.7 Å². The fourth-order valence-electron chi connectivity index (χ4n) is 4.15. The Balaban J connectivity index is 1.65. The fourth-order valence-corrected chi connectivity index (χ4v) is 4.15. The highest BCUT2D eigenvalue weighted by Crippen LogP contribution is 2.39. The number of likely N-dealkylation sites (tertiary alicyclic amines) is 1. The van der Waals surface area contributed by atoms with Crippen molar-refractivity contribution in [3.05, 3.63) is 35.8 Å². The molecule has 3 atom stereocenters. The SMILES string of the molecule is COc1ncc(-c2cc(C(F)(F)F)c3c(N)ncnn23)cc1C(=O)N[C@@H]1CN(C(=O)[C@@](C)(O)C(F)(F)F)C[C@@H]1F. The number of alkyl halides is 7. The van der Waals surface area contributed by atoms with Gasteiger partial charge in [-0.05, 0) is 19.1 Å². The molecule has 4 heterocycles. The first-order chi connectivity index (χ1) is 18.5. The number of anilines is 1. The van der Waals surface area contributed by atoms with Crippen molar-refractivity contribution in [2.75, 3.05) is 25.9 Å². The zero-order chi connectivity index (χ0) is 29.8. The summed E-state index contributed by atoms with van der Waals surface area (Å²) >= 11 is 0. The third-order valence-electron chi connectivity index (χ3n) is 6.29. The Morgan fingerprint density at radius 2 is 1.82 bits per heavy atom. The minimum Gasteiger partial charge on any atom is -0.480 e. The summed E-state index contributed by atoms with van der Waals surface area (Å²) in [7, 11) is 1.13. The lowest BCUT2D eigenvalue weighted by molar-refractivity contribution is -0.249. The van der Waals surface area contributed by atoms with E-state index in [1.54, 1.807) is 0 Å². The van der Waals surface area contributed by atoms with E-state index in [9.17, 15) is 45.4 Å². The lowest BCUT2D eigenvalue weighted by Crippen LogP contribution is -2.56. The highest BCUT2D eigenvalue weighted by atomic mass is 19.4. The van der Waals surface area contributed by atoms with Gasteiger partial charge in [-0.3, -0.25) is 9.59 Å². The molecule has 1 saturated heterocycles. The number of aromatic nitrogens is 4. The van der Waals surface area contributed by atoms with Crippen LogP contribution in [0.4, 0.5) is 36.6 Å². The third kappa shape index (κ3) is 4.93. The Labute approximate surface area is 219 Å². The zero-order valence-corrected chi connectivity index (χ0v) is 20.5. The van der Waals surface area contributed by atoms with Crippen LogP contribution in [0.1, 0.15) is 22.8 Å². The molecule has 0 unspecified atom stereocenters. The Bertz CT molecular complexity index is 1470. The van der Waals surface area contributed by atoms with Crippen LogP contribution in [0.3, 0.4) is 0 Å². The monoisotopic (exact) mass is 579 g/mol. The molecule has 11 nitrogen and oxygen atoms in total. The Hall–Kier alpha value is -4.22. The van der Waals surface area contributed by atoms with Crippen molar-refractivity contribution in [1.29, 1.82) is 0 Å². The number of methoxy groups -OCH3 is 1. The van der Waals surface area contributed by atoms with Gasteiger partial charge in [-0.25, -0.2) is 18.9 Å². The molecule has 0 saturated carbocycles. The van der Waals surface area contributed by atoms with Crippen molar-refractivity contribution < 1.29 is 50.2 Å². The summed E-state index contributed by atoms with van der Waals surface area (Å²) in [5, 5.41) is 15.7. The topological polar surface area (TPSA) is 148 Å². The minimum absolute atomic E-state index is 0.0594. The number of rotatable bonds is 5. The second kappa shape index (κ2) is 9.76. The van der Waals surface area contributed by atoms with Crippen molar-refractivity contribution in [2.45, 2.75) is 37.1 Å². The van der Waals surface area contributed by atoms with Crippen LogP contribution >= 0.6 is 0 Å². The van der Waals surface area contributed by atoms with Gasteiger partial charge in [-0.15, -0.1) is 0 Å². The Morgan fingerprint density at radius 3 is 2.42 bits per heavy atom. The normalized spacial score (nSPS) is 19.5. The molecular weight excluding hydrogens is 559 g/mol. The van der Waals surface area contributed by atoms with Crippen LogP contribution in [0.5, 0.6) is 5.88 Å². The standard InChI is InChI=1S/C22H20F7N7O4/c1-20(39,22(27,28)29)19(38)35-6-12(23)13(7-35)34-17(37)10-3-9(5-31-18(10)40-2)14-4-11(21(24,25)26)15-16(30)32-8-33-36(14)15/h3-5,8,12-13,39H,6-7H2,1-2H3,(H,34,37)(H2,30,32,33)/t12-,13+,20+/m0/s1. The largest absolute Gasteiger partial charge is 0.480 e. The van der Waals surface area contributed by atoms with E-state index in [4.69, 9.17) is 10.5 Å². The summed E-state index contributed by atoms with van der Waals surface area (Å²) in [5.74, 6) is -3.63. The molecule has 0 aliphatic carbocycles. The number of fused-ring (bicyclic) bond motifs is 1. The second-order valence-electron chi connectivity index (χ2n) is 9.00.